The summed E-state index contributed by atoms with van der Waals surface area (Å²) in [5.74, 6) is 1.67. The number of hydrogen-bond donors (Lipinski definition) is 1. The van der Waals surface area contributed by atoms with E-state index in [0.717, 1.165) is 47.0 Å². The molecule has 0 saturated heterocycles. The van der Waals surface area contributed by atoms with Gasteiger partial charge in [-0.1, -0.05) is 11.6 Å². The molecule has 0 atom stereocenters. The van der Waals surface area contributed by atoms with Crippen LogP contribution >= 0.6 is 11.6 Å². The summed E-state index contributed by atoms with van der Waals surface area (Å²) in [6.07, 6.45) is 1.76. The van der Waals surface area contributed by atoms with Crippen molar-refractivity contribution in [2.24, 2.45) is 0 Å². The largest absolute Gasteiger partial charge is 0.493 e. The van der Waals surface area contributed by atoms with Crippen molar-refractivity contribution in [1.82, 2.24) is 5.32 Å². The number of nitrogens with one attached hydrogen (secondary N) is 1. The molecule has 0 radical (unpaired) electrons. The summed E-state index contributed by atoms with van der Waals surface area (Å²) in [5.41, 5.74) is 2.18. The maximum Gasteiger partial charge on any atom is 0.166 e. The fourth-order valence-corrected chi connectivity index (χ4v) is 2.32. The molecule has 1 aromatic rings. The van der Waals surface area contributed by atoms with Crippen LogP contribution in [0.15, 0.2) is 6.07 Å². The van der Waals surface area contributed by atoms with Gasteiger partial charge in [-0.3, -0.25) is 0 Å². The van der Waals surface area contributed by atoms with E-state index in [-0.39, 0.29) is 0 Å². The summed E-state index contributed by atoms with van der Waals surface area (Å²) in [7, 11) is 3.60. The Balaban J connectivity index is 2.41. The molecule has 88 valence electrons. The van der Waals surface area contributed by atoms with Crippen LogP contribution in [-0.4, -0.2) is 27.3 Å². The van der Waals surface area contributed by atoms with Crippen LogP contribution in [0.25, 0.3) is 0 Å². The molecule has 0 spiro atoms. The molecule has 0 saturated carbocycles. The molecule has 0 aliphatic carbocycles. The van der Waals surface area contributed by atoms with Gasteiger partial charge in [-0.2, -0.15) is 0 Å². The first-order valence-electron chi connectivity index (χ1n) is 5.43. The fraction of sp³-hybridized carbons (Fsp3) is 0.500. The second kappa shape index (κ2) is 4.93. The van der Waals surface area contributed by atoms with Crippen molar-refractivity contribution >= 4 is 11.6 Å². The molecule has 0 aromatic heterocycles. The van der Waals surface area contributed by atoms with E-state index in [1.807, 2.05) is 13.1 Å². The van der Waals surface area contributed by atoms with E-state index in [9.17, 15) is 0 Å². The molecule has 1 aromatic carbocycles. The van der Waals surface area contributed by atoms with E-state index in [1.165, 1.54) is 0 Å². The van der Waals surface area contributed by atoms with E-state index in [2.05, 4.69) is 5.32 Å². The van der Waals surface area contributed by atoms with Gasteiger partial charge in [0.1, 0.15) is 0 Å². The van der Waals surface area contributed by atoms with Crippen LogP contribution in [0.1, 0.15) is 11.1 Å². The lowest BCUT2D eigenvalue weighted by molar-refractivity contribution is 0.324. The van der Waals surface area contributed by atoms with Gasteiger partial charge in [0.15, 0.2) is 11.5 Å². The Hall–Kier alpha value is -0.930. The summed E-state index contributed by atoms with van der Waals surface area (Å²) in [5, 5.41) is 3.91. The maximum absolute atomic E-state index is 6.23. The third-order valence-corrected chi connectivity index (χ3v) is 3.15. The molecule has 0 unspecified atom stereocenters. The Kier molecular flexibility index (Phi) is 3.56. The van der Waals surface area contributed by atoms with Crippen molar-refractivity contribution in [2.75, 3.05) is 27.3 Å². The third kappa shape index (κ3) is 1.97. The van der Waals surface area contributed by atoms with Crippen LogP contribution < -0.4 is 14.8 Å². The molecule has 1 aliphatic rings. The molecule has 0 fully saturated rings. The molecule has 1 heterocycles. The standard InChI is InChI=1S/C12H16ClNO2/c1-14-5-3-8-7-10(13)9-4-6-16-12(9)11(8)15-2/h7,14H,3-6H2,1-2H3. The van der Waals surface area contributed by atoms with Gasteiger partial charge in [0.05, 0.1) is 13.7 Å². The lowest BCUT2D eigenvalue weighted by Crippen LogP contribution is -2.11. The Labute approximate surface area is 101 Å². The van der Waals surface area contributed by atoms with Crippen LogP contribution in [-0.2, 0) is 12.8 Å². The van der Waals surface area contributed by atoms with Crippen molar-refractivity contribution in [2.45, 2.75) is 12.8 Å². The molecular formula is C12H16ClNO2. The number of likely N-dealkylation sites (N-methyl/N-ethyl adjacent to an activating group) is 1. The van der Waals surface area contributed by atoms with Gasteiger partial charge in [0, 0.05) is 22.6 Å². The first-order valence-corrected chi connectivity index (χ1v) is 5.81. The smallest absolute Gasteiger partial charge is 0.166 e. The molecule has 1 aliphatic heterocycles. The van der Waals surface area contributed by atoms with Crippen molar-refractivity contribution in [3.05, 3.63) is 22.2 Å². The van der Waals surface area contributed by atoms with E-state index in [1.54, 1.807) is 7.11 Å². The van der Waals surface area contributed by atoms with Crippen LogP contribution in [0.2, 0.25) is 5.02 Å². The average molecular weight is 242 g/mol. The highest BCUT2D eigenvalue weighted by molar-refractivity contribution is 6.31. The van der Waals surface area contributed by atoms with Crippen molar-refractivity contribution in [3.8, 4) is 11.5 Å². The minimum atomic E-state index is 0.695. The van der Waals surface area contributed by atoms with Crippen LogP contribution in [0.3, 0.4) is 0 Å². The van der Waals surface area contributed by atoms with Crippen molar-refractivity contribution in [3.63, 3.8) is 0 Å². The van der Waals surface area contributed by atoms with E-state index in [0.29, 0.717) is 6.61 Å². The number of ether oxygens (including phenoxy) is 2. The first-order chi connectivity index (χ1) is 7.77. The maximum atomic E-state index is 6.23. The number of halogens is 1. The van der Waals surface area contributed by atoms with Crippen LogP contribution in [0.4, 0.5) is 0 Å². The first kappa shape index (κ1) is 11.6. The van der Waals surface area contributed by atoms with E-state index >= 15 is 0 Å². The van der Waals surface area contributed by atoms with E-state index < -0.39 is 0 Å². The SMILES string of the molecule is CNCCc1cc(Cl)c2c(c1OC)OCC2. The quantitative estimate of drug-likeness (QED) is 0.875. The monoisotopic (exact) mass is 241 g/mol. The summed E-state index contributed by atoms with van der Waals surface area (Å²) in [4.78, 5) is 0. The van der Waals surface area contributed by atoms with Gasteiger partial charge in [0.25, 0.3) is 0 Å². The van der Waals surface area contributed by atoms with Crippen molar-refractivity contribution in [1.29, 1.82) is 0 Å². The lowest BCUT2D eigenvalue weighted by atomic mass is 10.1. The van der Waals surface area contributed by atoms with E-state index in [4.69, 9.17) is 21.1 Å². The number of methoxy groups -OCH3 is 1. The van der Waals surface area contributed by atoms with Gasteiger partial charge in [0.2, 0.25) is 0 Å². The number of fused-ring (bicyclic) bond motifs is 1. The summed E-state index contributed by atoms with van der Waals surface area (Å²) in [6.45, 7) is 1.59. The minimum absolute atomic E-state index is 0.695. The topological polar surface area (TPSA) is 30.5 Å². The Morgan fingerprint density at radius 2 is 2.38 bits per heavy atom. The van der Waals surface area contributed by atoms with Gasteiger partial charge in [-0.05, 0) is 26.1 Å². The predicted molar refractivity (Wildman–Crippen MR) is 64.8 cm³/mol. The second-order valence-corrected chi connectivity index (χ2v) is 4.22. The van der Waals surface area contributed by atoms with Gasteiger partial charge in [-0.15, -0.1) is 0 Å². The number of benzene rings is 1. The summed E-state index contributed by atoms with van der Waals surface area (Å²) >= 11 is 6.23. The average Bonchev–Trinajstić information content (AvgIpc) is 2.76. The number of rotatable bonds is 4. The Morgan fingerprint density at radius 3 is 3.06 bits per heavy atom. The Bertz CT molecular complexity index is 393. The summed E-state index contributed by atoms with van der Waals surface area (Å²) < 4.78 is 11.0. The molecule has 1 N–H and O–H groups in total. The highest BCUT2D eigenvalue weighted by atomic mass is 35.5. The molecule has 3 nitrogen and oxygen atoms in total. The van der Waals surface area contributed by atoms with Crippen LogP contribution in [0.5, 0.6) is 11.5 Å². The molecule has 0 bridgehead atoms. The minimum Gasteiger partial charge on any atom is -0.493 e. The third-order valence-electron chi connectivity index (χ3n) is 2.81. The zero-order chi connectivity index (χ0) is 11.5. The molecule has 4 heteroatoms. The molecular weight excluding hydrogens is 226 g/mol. The van der Waals surface area contributed by atoms with Gasteiger partial charge >= 0.3 is 0 Å². The summed E-state index contributed by atoms with van der Waals surface area (Å²) in [6, 6.07) is 1.99. The molecule has 0 amide bonds. The highest BCUT2D eigenvalue weighted by Crippen LogP contribution is 2.42. The highest BCUT2D eigenvalue weighted by Gasteiger charge is 2.23. The molecule has 16 heavy (non-hydrogen) atoms. The zero-order valence-corrected chi connectivity index (χ0v) is 10.4. The predicted octanol–water partition coefficient (Wildman–Crippen LogP) is 2.05. The lowest BCUT2D eigenvalue weighted by Gasteiger charge is -2.13. The Morgan fingerprint density at radius 1 is 1.56 bits per heavy atom. The zero-order valence-electron chi connectivity index (χ0n) is 9.60. The van der Waals surface area contributed by atoms with Crippen molar-refractivity contribution < 1.29 is 9.47 Å². The normalized spacial score (nSPS) is 13.4. The fourth-order valence-electron chi connectivity index (χ4n) is 2.01. The van der Waals surface area contributed by atoms with Gasteiger partial charge in [-0.25, -0.2) is 0 Å². The second-order valence-electron chi connectivity index (χ2n) is 3.81. The number of hydrogen-bond acceptors (Lipinski definition) is 3. The van der Waals surface area contributed by atoms with Gasteiger partial charge < -0.3 is 14.8 Å². The molecule has 2 rings (SSSR count). The van der Waals surface area contributed by atoms with Crippen LogP contribution in [0, 0.1) is 0 Å².